The number of hydrogen-bond donors (Lipinski definition) is 2. The summed E-state index contributed by atoms with van der Waals surface area (Å²) in [4.78, 5) is 19.2. The molecule has 2 amide bonds. The van der Waals surface area contributed by atoms with Crippen molar-refractivity contribution in [1.82, 2.24) is 19.8 Å². The predicted molar refractivity (Wildman–Crippen MR) is 98.9 cm³/mol. The fourth-order valence-corrected chi connectivity index (χ4v) is 4.60. The Balaban J connectivity index is 1.68. The van der Waals surface area contributed by atoms with Gasteiger partial charge in [0, 0.05) is 43.8 Å². The maximum atomic E-state index is 13.5. The molecular formula is C18H23F3N4O2S. The zero-order chi connectivity index (χ0) is 20.5. The highest BCUT2D eigenvalue weighted by Crippen LogP contribution is 2.40. The first-order valence-electron chi connectivity index (χ1n) is 9.06. The second-order valence-corrected chi connectivity index (χ2v) is 7.87. The number of fused-ring (bicyclic) bond motifs is 1. The van der Waals surface area contributed by atoms with Crippen molar-refractivity contribution >= 4 is 17.4 Å². The predicted octanol–water partition coefficient (Wildman–Crippen LogP) is 3.34. The van der Waals surface area contributed by atoms with Crippen molar-refractivity contribution in [3.05, 3.63) is 40.1 Å². The lowest BCUT2D eigenvalue weighted by Crippen LogP contribution is -2.49. The zero-order valence-electron chi connectivity index (χ0n) is 15.7. The second-order valence-electron chi connectivity index (χ2n) is 6.87. The SMILES string of the molecule is CC[C@H]1c2ccsc2CCN1C(=O)NCC[C@@](O)(c1nccn1C)C(F)(F)F. The molecule has 0 radical (unpaired) electrons. The minimum Gasteiger partial charge on any atom is -0.374 e. The van der Waals surface area contributed by atoms with Crippen LogP contribution in [0.15, 0.2) is 23.8 Å². The number of carbonyl (C=O) groups excluding carboxylic acids is 1. The molecule has 2 N–H and O–H groups in total. The van der Waals surface area contributed by atoms with Crippen LogP contribution in [0.1, 0.15) is 42.1 Å². The Morgan fingerprint density at radius 1 is 1.46 bits per heavy atom. The zero-order valence-corrected chi connectivity index (χ0v) is 16.5. The number of imidazole rings is 1. The molecular weight excluding hydrogens is 393 g/mol. The van der Waals surface area contributed by atoms with Crippen LogP contribution in [0.3, 0.4) is 0 Å². The lowest BCUT2D eigenvalue weighted by atomic mass is 9.97. The normalized spacial score (nSPS) is 19.2. The molecule has 10 heteroatoms. The molecule has 1 aliphatic heterocycles. The fraction of sp³-hybridized carbons (Fsp3) is 0.556. The molecule has 154 valence electrons. The van der Waals surface area contributed by atoms with Gasteiger partial charge in [-0.2, -0.15) is 13.2 Å². The molecule has 28 heavy (non-hydrogen) atoms. The van der Waals surface area contributed by atoms with Gasteiger partial charge in [-0.25, -0.2) is 9.78 Å². The van der Waals surface area contributed by atoms with E-state index >= 15 is 0 Å². The maximum Gasteiger partial charge on any atom is 0.424 e. The number of aliphatic hydroxyl groups is 1. The molecule has 0 unspecified atom stereocenters. The van der Waals surface area contributed by atoms with Gasteiger partial charge in [0.2, 0.25) is 5.60 Å². The van der Waals surface area contributed by atoms with Gasteiger partial charge in [0.25, 0.3) is 0 Å². The van der Waals surface area contributed by atoms with Crippen molar-refractivity contribution in [3.63, 3.8) is 0 Å². The molecule has 6 nitrogen and oxygen atoms in total. The number of urea groups is 1. The van der Waals surface area contributed by atoms with Crippen LogP contribution in [-0.2, 0) is 19.1 Å². The van der Waals surface area contributed by atoms with Gasteiger partial charge in [0.05, 0.1) is 6.04 Å². The van der Waals surface area contributed by atoms with Crippen molar-refractivity contribution in [2.75, 3.05) is 13.1 Å². The Kier molecular flexibility index (Phi) is 5.72. The fourth-order valence-electron chi connectivity index (χ4n) is 3.68. The van der Waals surface area contributed by atoms with Gasteiger partial charge in [0.1, 0.15) is 5.82 Å². The van der Waals surface area contributed by atoms with Gasteiger partial charge < -0.3 is 19.9 Å². The number of nitrogens with one attached hydrogen (secondary N) is 1. The number of thiophene rings is 1. The molecule has 0 spiro atoms. The summed E-state index contributed by atoms with van der Waals surface area (Å²) in [5.41, 5.74) is -2.03. The van der Waals surface area contributed by atoms with Gasteiger partial charge in [-0.05, 0) is 29.9 Å². The van der Waals surface area contributed by atoms with Crippen molar-refractivity contribution in [3.8, 4) is 0 Å². The maximum absolute atomic E-state index is 13.5. The highest BCUT2D eigenvalue weighted by Gasteiger charge is 2.57. The van der Waals surface area contributed by atoms with E-state index < -0.39 is 30.1 Å². The number of aromatic nitrogens is 2. The van der Waals surface area contributed by atoms with E-state index in [1.54, 1.807) is 16.2 Å². The molecule has 0 fully saturated rings. The molecule has 3 rings (SSSR count). The number of nitrogens with zero attached hydrogens (tertiary/aromatic N) is 3. The molecule has 0 bridgehead atoms. The molecule has 0 aliphatic carbocycles. The van der Waals surface area contributed by atoms with Crippen LogP contribution in [0, 0.1) is 0 Å². The van der Waals surface area contributed by atoms with Crippen LogP contribution in [0.4, 0.5) is 18.0 Å². The highest BCUT2D eigenvalue weighted by molar-refractivity contribution is 7.10. The second kappa shape index (κ2) is 7.75. The van der Waals surface area contributed by atoms with Gasteiger partial charge in [0.15, 0.2) is 0 Å². The van der Waals surface area contributed by atoms with E-state index in [9.17, 15) is 23.1 Å². The molecule has 3 heterocycles. The van der Waals surface area contributed by atoms with Crippen molar-refractivity contribution < 1.29 is 23.1 Å². The summed E-state index contributed by atoms with van der Waals surface area (Å²) in [6.07, 6.45) is -1.65. The number of carbonyl (C=O) groups is 1. The summed E-state index contributed by atoms with van der Waals surface area (Å²) >= 11 is 1.66. The van der Waals surface area contributed by atoms with Gasteiger partial charge in [-0.1, -0.05) is 6.92 Å². The first-order chi connectivity index (χ1) is 13.2. The monoisotopic (exact) mass is 416 g/mol. The van der Waals surface area contributed by atoms with Crippen LogP contribution in [-0.4, -0.2) is 44.9 Å². The van der Waals surface area contributed by atoms with E-state index in [0.29, 0.717) is 6.54 Å². The van der Waals surface area contributed by atoms with Crippen LogP contribution < -0.4 is 5.32 Å². The Labute approximate surface area is 165 Å². The molecule has 0 saturated carbocycles. The number of amides is 2. The molecule has 0 saturated heterocycles. The lowest BCUT2D eigenvalue weighted by molar-refractivity contribution is -0.272. The van der Waals surface area contributed by atoms with Gasteiger partial charge >= 0.3 is 12.2 Å². The molecule has 2 aromatic rings. The summed E-state index contributed by atoms with van der Waals surface area (Å²) in [6.45, 7) is 2.16. The third-order valence-electron chi connectivity index (χ3n) is 5.17. The van der Waals surface area contributed by atoms with Crippen molar-refractivity contribution in [2.45, 2.75) is 44.0 Å². The third-order valence-corrected chi connectivity index (χ3v) is 6.16. The van der Waals surface area contributed by atoms with Crippen molar-refractivity contribution in [1.29, 1.82) is 0 Å². The average Bonchev–Trinajstić information content (AvgIpc) is 3.28. The summed E-state index contributed by atoms with van der Waals surface area (Å²) in [5.74, 6) is -0.499. The van der Waals surface area contributed by atoms with E-state index in [1.165, 1.54) is 24.3 Å². The lowest BCUT2D eigenvalue weighted by Gasteiger charge is -2.36. The number of alkyl halides is 3. The Morgan fingerprint density at radius 3 is 2.82 bits per heavy atom. The molecule has 2 aromatic heterocycles. The smallest absolute Gasteiger partial charge is 0.374 e. The quantitative estimate of drug-likeness (QED) is 0.786. The summed E-state index contributed by atoms with van der Waals surface area (Å²) in [7, 11) is 1.38. The number of rotatable bonds is 5. The Morgan fingerprint density at radius 2 is 2.21 bits per heavy atom. The molecule has 2 atom stereocenters. The first-order valence-corrected chi connectivity index (χ1v) is 9.94. The first kappa shape index (κ1) is 20.7. The van der Waals surface area contributed by atoms with E-state index in [-0.39, 0.29) is 12.6 Å². The Hall–Kier alpha value is -2.07. The highest BCUT2D eigenvalue weighted by atomic mass is 32.1. The summed E-state index contributed by atoms with van der Waals surface area (Å²) in [6, 6.07) is 1.48. The van der Waals surface area contributed by atoms with Crippen molar-refractivity contribution in [2.24, 2.45) is 7.05 Å². The van der Waals surface area contributed by atoms with E-state index in [0.717, 1.165) is 23.0 Å². The standard InChI is InChI=1S/C18H23F3N4O2S/c1-3-13-12-5-11-28-14(12)4-9-25(13)16(26)23-7-6-17(27,18(19,20)21)15-22-8-10-24(15)2/h5,8,10-11,13,27H,3-4,6-7,9H2,1-2H3,(H,23,26)/t13-,17+/m0/s1. The van der Waals surface area contributed by atoms with Crippen LogP contribution in [0.5, 0.6) is 0 Å². The minimum absolute atomic E-state index is 0.0916. The summed E-state index contributed by atoms with van der Waals surface area (Å²) in [5, 5.41) is 14.9. The van der Waals surface area contributed by atoms with Gasteiger partial charge in [-0.15, -0.1) is 11.3 Å². The van der Waals surface area contributed by atoms with E-state index in [1.807, 2.05) is 18.4 Å². The average molecular weight is 416 g/mol. The van der Waals surface area contributed by atoms with E-state index in [4.69, 9.17) is 0 Å². The number of halogens is 3. The van der Waals surface area contributed by atoms with E-state index in [2.05, 4.69) is 10.3 Å². The number of aryl methyl sites for hydroxylation is 1. The van der Waals surface area contributed by atoms with Gasteiger partial charge in [-0.3, -0.25) is 0 Å². The largest absolute Gasteiger partial charge is 0.424 e. The topological polar surface area (TPSA) is 70.4 Å². The number of hydrogen-bond acceptors (Lipinski definition) is 4. The Bertz CT molecular complexity index is 835. The minimum atomic E-state index is -4.92. The summed E-state index contributed by atoms with van der Waals surface area (Å²) < 4.78 is 41.8. The van der Waals surface area contributed by atoms with Crippen LogP contribution in [0.2, 0.25) is 0 Å². The third kappa shape index (κ3) is 3.62. The molecule has 0 aromatic carbocycles. The van der Waals surface area contributed by atoms with Crippen LogP contribution >= 0.6 is 11.3 Å². The molecule has 1 aliphatic rings. The van der Waals surface area contributed by atoms with Crippen LogP contribution in [0.25, 0.3) is 0 Å².